The highest BCUT2D eigenvalue weighted by Crippen LogP contribution is 2.27. The van der Waals surface area contributed by atoms with Crippen molar-refractivity contribution in [1.82, 2.24) is 15.0 Å². The van der Waals surface area contributed by atoms with Crippen LogP contribution >= 0.6 is 0 Å². The molecule has 0 saturated carbocycles. The van der Waals surface area contributed by atoms with Crippen molar-refractivity contribution in [3.05, 3.63) is 69.9 Å². The van der Waals surface area contributed by atoms with Crippen molar-refractivity contribution in [2.75, 3.05) is 0 Å². The predicted octanol–water partition coefficient (Wildman–Crippen LogP) is 2.64. The van der Waals surface area contributed by atoms with E-state index >= 15 is 0 Å². The number of benzene rings is 2. The largest absolute Gasteiger partial charge is 0.390 e. The van der Waals surface area contributed by atoms with Crippen LogP contribution in [-0.2, 0) is 6.61 Å². The molecular formula is C16H14N4O3. The summed E-state index contributed by atoms with van der Waals surface area (Å²) in [5, 5.41) is 28.5. The number of nitrogens with zero attached hydrogens (tertiary/aromatic N) is 4. The van der Waals surface area contributed by atoms with Crippen molar-refractivity contribution in [3.63, 3.8) is 0 Å². The lowest BCUT2D eigenvalue weighted by atomic mass is 10.1. The summed E-state index contributed by atoms with van der Waals surface area (Å²) in [6.07, 6.45) is 0. The lowest BCUT2D eigenvalue weighted by molar-refractivity contribution is -0.384. The van der Waals surface area contributed by atoms with E-state index in [0.29, 0.717) is 17.1 Å². The van der Waals surface area contributed by atoms with Gasteiger partial charge in [0.25, 0.3) is 5.69 Å². The van der Waals surface area contributed by atoms with Crippen molar-refractivity contribution in [2.45, 2.75) is 13.5 Å². The first-order valence-electron chi connectivity index (χ1n) is 6.97. The molecule has 1 heterocycles. The lowest BCUT2D eigenvalue weighted by Gasteiger charge is -2.08. The van der Waals surface area contributed by atoms with Gasteiger partial charge in [0.2, 0.25) is 0 Å². The summed E-state index contributed by atoms with van der Waals surface area (Å²) in [4.78, 5) is 10.5. The maximum absolute atomic E-state index is 11.0. The Morgan fingerprint density at radius 2 is 1.96 bits per heavy atom. The minimum Gasteiger partial charge on any atom is -0.390 e. The monoisotopic (exact) mass is 310 g/mol. The second-order valence-corrected chi connectivity index (χ2v) is 5.10. The molecule has 3 aromatic rings. The van der Waals surface area contributed by atoms with Crippen LogP contribution in [0.15, 0.2) is 48.5 Å². The summed E-state index contributed by atoms with van der Waals surface area (Å²) in [6.45, 7) is 1.71. The van der Waals surface area contributed by atoms with Crippen LogP contribution in [0.2, 0.25) is 0 Å². The number of aromatic nitrogens is 3. The molecule has 0 amide bonds. The van der Waals surface area contributed by atoms with Crippen LogP contribution in [0.3, 0.4) is 0 Å². The van der Waals surface area contributed by atoms with Crippen molar-refractivity contribution in [1.29, 1.82) is 0 Å². The molecule has 1 aromatic heterocycles. The predicted molar refractivity (Wildman–Crippen MR) is 84.1 cm³/mol. The summed E-state index contributed by atoms with van der Waals surface area (Å²) >= 11 is 0. The summed E-state index contributed by atoms with van der Waals surface area (Å²) in [5.74, 6) is 0. The van der Waals surface area contributed by atoms with E-state index in [9.17, 15) is 15.2 Å². The molecule has 0 fully saturated rings. The number of nitro benzene ring substituents is 1. The molecule has 0 saturated heterocycles. The first-order valence-corrected chi connectivity index (χ1v) is 6.97. The number of hydrogen-bond donors (Lipinski definition) is 1. The number of aryl methyl sites for hydroxylation is 1. The molecule has 1 N–H and O–H groups in total. The Morgan fingerprint density at radius 3 is 2.61 bits per heavy atom. The van der Waals surface area contributed by atoms with Gasteiger partial charge >= 0.3 is 0 Å². The van der Waals surface area contributed by atoms with Crippen LogP contribution in [0.25, 0.3) is 16.9 Å². The molecular weight excluding hydrogens is 296 g/mol. The zero-order valence-corrected chi connectivity index (χ0v) is 12.4. The van der Waals surface area contributed by atoms with Crippen molar-refractivity contribution in [3.8, 4) is 16.9 Å². The molecule has 7 nitrogen and oxygen atoms in total. The van der Waals surface area contributed by atoms with E-state index in [1.54, 1.807) is 12.1 Å². The van der Waals surface area contributed by atoms with E-state index in [0.717, 1.165) is 11.1 Å². The molecule has 23 heavy (non-hydrogen) atoms. The highest BCUT2D eigenvalue weighted by molar-refractivity contribution is 5.65. The van der Waals surface area contributed by atoms with Crippen molar-refractivity contribution >= 4 is 5.69 Å². The summed E-state index contributed by atoms with van der Waals surface area (Å²) < 4.78 is 1.50. The van der Waals surface area contributed by atoms with E-state index in [2.05, 4.69) is 10.3 Å². The second kappa shape index (κ2) is 5.98. The Balaban J connectivity index is 2.17. The van der Waals surface area contributed by atoms with Crippen LogP contribution < -0.4 is 0 Å². The maximum atomic E-state index is 11.0. The molecule has 0 aliphatic rings. The quantitative estimate of drug-likeness (QED) is 0.590. The number of hydrogen-bond acceptors (Lipinski definition) is 5. The molecule has 3 rings (SSSR count). The molecule has 0 aliphatic heterocycles. The number of aliphatic hydroxyl groups excluding tert-OH is 1. The second-order valence-electron chi connectivity index (χ2n) is 5.10. The van der Waals surface area contributed by atoms with E-state index in [1.165, 1.54) is 16.8 Å². The van der Waals surface area contributed by atoms with Gasteiger partial charge in [0.1, 0.15) is 11.4 Å². The fourth-order valence-corrected chi connectivity index (χ4v) is 2.34. The average Bonchev–Trinajstić information content (AvgIpc) is 2.99. The van der Waals surface area contributed by atoms with Crippen LogP contribution in [0.1, 0.15) is 11.3 Å². The topological polar surface area (TPSA) is 94.1 Å². The zero-order valence-electron chi connectivity index (χ0n) is 12.4. The molecule has 0 aliphatic carbocycles. The SMILES string of the molecule is Cc1ccc(-c2c(CO)nnn2-c2cccc([N+](=O)[O-])c2)cc1. The van der Waals surface area contributed by atoms with E-state index in [4.69, 9.17) is 0 Å². The number of non-ortho nitro benzene ring substituents is 1. The molecule has 2 aromatic carbocycles. The van der Waals surface area contributed by atoms with Gasteiger partial charge in [-0.05, 0) is 13.0 Å². The lowest BCUT2D eigenvalue weighted by Crippen LogP contribution is -2.01. The maximum Gasteiger partial charge on any atom is 0.271 e. The van der Waals surface area contributed by atoms with Gasteiger partial charge in [-0.1, -0.05) is 41.1 Å². The third-order valence-corrected chi connectivity index (χ3v) is 3.50. The first kappa shape index (κ1) is 14.9. The van der Waals surface area contributed by atoms with Gasteiger partial charge in [-0.3, -0.25) is 10.1 Å². The van der Waals surface area contributed by atoms with E-state index < -0.39 is 4.92 Å². The molecule has 116 valence electrons. The Morgan fingerprint density at radius 1 is 1.22 bits per heavy atom. The smallest absolute Gasteiger partial charge is 0.271 e. The summed E-state index contributed by atoms with van der Waals surface area (Å²) in [5.41, 5.74) is 3.46. The van der Waals surface area contributed by atoms with Crippen LogP contribution in [0, 0.1) is 17.0 Å². The minimum absolute atomic E-state index is 0.0293. The van der Waals surface area contributed by atoms with E-state index in [1.807, 2.05) is 31.2 Å². The van der Waals surface area contributed by atoms with Crippen LogP contribution in [0.5, 0.6) is 0 Å². The zero-order chi connectivity index (χ0) is 16.4. The van der Waals surface area contributed by atoms with E-state index in [-0.39, 0.29) is 12.3 Å². The van der Waals surface area contributed by atoms with Gasteiger partial charge in [-0.2, -0.15) is 0 Å². The minimum atomic E-state index is -0.459. The van der Waals surface area contributed by atoms with Gasteiger partial charge in [0.05, 0.1) is 17.2 Å². The number of rotatable bonds is 4. The fraction of sp³-hybridized carbons (Fsp3) is 0.125. The molecule has 7 heteroatoms. The highest BCUT2D eigenvalue weighted by Gasteiger charge is 2.17. The Labute approximate surface area is 132 Å². The molecule has 0 radical (unpaired) electrons. The van der Waals surface area contributed by atoms with Crippen LogP contribution in [0.4, 0.5) is 5.69 Å². The third kappa shape index (κ3) is 2.82. The number of aliphatic hydroxyl groups is 1. The van der Waals surface area contributed by atoms with Crippen molar-refractivity contribution in [2.24, 2.45) is 0 Å². The number of nitro groups is 1. The molecule has 0 bridgehead atoms. The van der Waals surface area contributed by atoms with Gasteiger partial charge in [0, 0.05) is 17.7 Å². The Hall–Kier alpha value is -3.06. The standard InChI is InChI=1S/C16H14N4O3/c1-11-5-7-12(8-6-11)16-15(10-21)17-18-19(16)13-3-2-4-14(9-13)20(22)23/h2-9,21H,10H2,1H3. The van der Waals surface area contributed by atoms with Gasteiger partial charge in [-0.15, -0.1) is 5.10 Å². The highest BCUT2D eigenvalue weighted by atomic mass is 16.6. The summed E-state index contributed by atoms with van der Waals surface area (Å²) in [6, 6.07) is 13.8. The Kier molecular flexibility index (Phi) is 3.86. The van der Waals surface area contributed by atoms with Gasteiger partial charge in [-0.25, -0.2) is 4.68 Å². The fourth-order valence-electron chi connectivity index (χ4n) is 2.34. The van der Waals surface area contributed by atoms with Gasteiger partial charge in [0.15, 0.2) is 0 Å². The average molecular weight is 310 g/mol. The van der Waals surface area contributed by atoms with Crippen LogP contribution in [-0.4, -0.2) is 25.0 Å². The summed E-state index contributed by atoms with van der Waals surface area (Å²) in [7, 11) is 0. The normalized spacial score (nSPS) is 10.7. The molecule has 0 atom stereocenters. The van der Waals surface area contributed by atoms with Gasteiger partial charge < -0.3 is 5.11 Å². The molecule has 0 spiro atoms. The molecule has 0 unspecified atom stereocenters. The first-order chi connectivity index (χ1) is 11.1. The third-order valence-electron chi connectivity index (χ3n) is 3.50. The Bertz CT molecular complexity index is 856. The van der Waals surface area contributed by atoms with Crippen molar-refractivity contribution < 1.29 is 10.0 Å².